The highest BCUT2D eigenvalue weighted by Gasteiger charge is 2.27. The zero-order chi connectivity index (χ0) is 19.2. The number of carbonyl (C=O) groups excluding carboxylic acids is 1. The van der Waals surface area contributed by atoms with E-state index in [9.17, 15) is 4.79 Å². The van der Waals surface area contributed by atoms with Crippen LogP contribution in [0.4, 0.5) is 0 Å². The summed E-state index contributed by atoms with van der Waals surface area (Å²) in [6.45, 7) is 3.31. The van der Waals surface area contributed by atoms with E-state index in [1.807, 2.05) is 0 Å². The summed E-state index contributed by atoms with van der Waals surface area (Å²) >= 11 is 2.29. The molecule has 0 spiro atoms. The maximum absolute atomic E-state index is 13.2. The standard InChI is InChI=1S/C22H28IN3O.ClH/c1-25-12-10-21(11-13-25)26(16-19-4-2-18(15-24)3-5-19)22(27)14-17-6-8-20(23)9-7-17;/h2-9,21H,10-16,24H2,1H3;1H. The monoisotopic (exact) mass is 513 g/mol. The van der Waals surface area contributed by atoms with Crippen LogP contribution in [-0.2, 0) is 24.3 Å². The first-order chi connectivity index (χ1) is 13.0. The Morgan fingerprint density at radius 1 is 1.04 bits per heavy atom. The minimum absolute atomic E-state index is 0. The highest BCUT2D eigenvalue weighted by molar-refractivity contribution is 14.1. The average Bonchev–Trinajstić information content (AvgIpc) is 2.69. The Hall–Kier alpha value is -1.15. The molecule has 6 heteroatoms. The maximum Gasteiger partial charge on any atom is 0.227 e. The van der Waals surface area contributed by atoms with Gasteiger partial charge in [0.15, 0.2) is 0 Å². The maximum atomic E-state index is 13.2. The van der Waals surface area contributed by atoms with Gasteiger partial charge in [0.2, 0.25) is 5.91 Å². The Morgan fingerprint density at radius 3 is 2.14 bits per heavy atom. The number of hydrogen-bond acceptors (Lipinski definition) is 3. The van der Waals surface area contributed by atoms with Crippen LogP contribution in [0, 0.1) is 3.57 Å². The van der Waals surface area contributed by atoms with Crippen molar-refractivity contribution in [3.05, 3.63) is 68.8 Å². The lowest BCUT2D eigenvalue weighted by Crippen LogP contribution is -2.46. The zero-order valence-electron chi connectivity index (χ0n) is 16.3. The van der Waals surface area contributed by atoms with Crippen molar-refractivity contribution in [2.45, 2.75) is 38.4 Å². The fourth-order valence-electron chi connectivity index (χ4n) is 3.58. The summed E-state index contributed by atoms with van der Waals surface area (Å²) in [7, 11) is 2.15. The van der Waals surface area contributed by atoms with Crippen LogP contribution < -0.4 is 5.73 Å². The summed E-state index contributed by atoms with van der Waals surface area (Å²) < 4.78 is 1.19. The van der Waals surface area contributed by atoms with Gasteiger partial charge in [0.25, 0.3) is 0 Å². The normalized spacial score (nSPS) is 15.1. The predicted octanol–water partition coefficient (Wildman–Crippen LogP) is 3.84. The van der Waals surface area contributed by atoms with Gasteiger partial charge in [-0.05, 0) is 84.4 Å². The molecule has 1 fully saturated rings. The molecule has 0 saturated carbocycles. The Labute approximate surface area is 188 Å². The second kappa shape index (κ2) is 11.1. The lowest BCUT2D eigenvalue weighted by molar-refractivity contribution is -0.134. The number of piperidine rings is 1. The number of benzene rings is 2. The molecule has 0 bridgehead atoms. The van der Waals surface area contributed by atoms with Crippen LogP contribution in [-0.4, -0.2) is 41.9 Å². The van der Waals surface area contributed by atoms with Crippen LogP contribution in [0.15, 0.2) is 48.5 Å². The number of amides is 1. The summed E-state index contributed by atoms with van der Waals surface area (Å²) in [5.74, 6) is 0.216. The number of rotatable bonds is 6. The van der Waals surface area contributed by atoms with Crippen molar-refractivity contribution in [1.29, 1.82) is 0 Å². The van der Waals surface area contributed by atoms with E-state index in [2.05, 4.69) is 88.0 Å². The first-order valence-electron chi connectivity index (χ1n) is 9.55. The van der Waals surface area contributed by atoms with Crippen LogP contribution in [0.2, 0.25) is 0 Å². The van der Waals surface area contributed by atoms with Crippen LogP contribution in [0.3, 0.4) is 0 Å². The molecule has 0 aliphatic carbocycles. The Bertz CT molecular complexity index is 743. The van der Waals surface area contributed by atoms with Gasteiger partial charge in [-0.3, -0.25) is 4.79 Å². The second-order valence-electron chi connectivity index (χ2n) is 7.38. The first-order valence-corrected chi connectivity index (χ1v) is 10.6. The van der Waals surface area contributed by atoms with Gasteiger partial charge in [-0.25, -0.2) is 0 Å². The van der Waals surface area contributed by atoms with Gasteiger partial charge in [-0.15, -0.1) is 12.4 Å². The molecule has 1 aliphatic heterocycles. The third-order valence-corrected chi connectivity index (χ3v) is 6.05. The Balaban J connectivity index is 0.00000280. The highest BCUT2D eigenvalue weighted by Crippen LogP contribution is 2.20. The van der Waals surface area contributed by atoms with Gasteiger partial charge < -0.3 is 15.5 Å². The minimum Gasteiger partial charge on any atom is -0.335 e. The summed E-state index contributed by atoms with van der Waals surface area (Å²) in [6, 6.07) is 16.9. The van der Waals surface area contributed by atoms with E-state index in [1.165, 1.54) is 9.13 Å². The van der Waals surface area contributed by atoms with Gasteiger partial charge in [0, 0.05) is 22.7 Å². The topological polar surface area (TPSA) is 49.6 Å². The largest absolute Gasteiger partial charge is 0.335 e. The molecule has 28 heavy (non-hydrogen) atoms. The third kappa shape index (κ3) is 6.44. The second-order valence-corrected chi connectivity index (χ2v) is 8.63. The summed E-state index contributed by atoms with van der Waals surface area (Å²) in [6.07, 6.45) is 2.54. The van der Waals surface area contributed by atoms with Crippen molar-refractivity contribution in [1.82, 2.24) is 9.80 Å². The number of hydrogen-bond donors (Lipinski definition) is 1. The van der Waals surface area contributed by atoms with Gasteiger partial charge in [0.1, 0.15) is 0 Å². The first kappa shape index (κ1) is 23.1. The van der Waals surface area contributed by atoms with Crippen LogP contribution >= 0.6 is 35.0 Å². The minimum atomic E-state index is 0. The molecular formula is C22H29ClIN3O. The van der Waals surface area contributed by atoms with E-state index >= 15 is 0 Å². The van der Waals surface area contributed by atoms with Crippen molar-refractivity contribution < 1.29 is 4.79 Å². The van der Waals surface area contributed by atoms with Crippen LogP contribution in [0.25, 0.3) is 0 Å². The lowest BCUT2D eigenvalue weighted by atomic mass is 10.0. The molecule has 3 rings (SSSR count). The molecule has 4 nitrogen and oxygen atoms in total. The Morgan fingerprint density at radius 2 is 1.57 bits per heavy atom. The van der Waals surface area contributed by atoms with E-state index in [4.69, 9.17) is 5.73 Å². The zero-order valence-corrected chi connectivity index (χ0v) is 19.3. The van der Waals surface area contributed by atoms with Crippen molar-refractivity contribution in [2.75, 3.05) is 20.1 Å². The van der Waals surface area contributed by atoms with E-state index in [0.717, 1.165) is 37.1 Å². The van der Waals surface area contributed by atoms with Gasteiger partial charge in [-0.2, -0.15) is 0 Å². The summed E-state index contributed by atoms with van der Waals surface area (Å²) in [4.78, 5) is 17.6. The SMILES string of the molecule is CN1CCC(N(Cc2ccc(CN)cc2)C(=O)Cc2ccc(I)cc2)CC1.Cl. The molecule has 152 valence electrons. The molecule has 1 saturated heterocycles. The fraction of sp³-hybridized carbons (Fsp3) is 0.409. The lowest BCUT2D eigenvalue weighted by Gasteiger charge is -2.37. The van der Waals surface area contributed by atoms with Crippen molar-refractivity contribution in [3.8, 4) is 0 Å². The number of halogens is 2. The molecule has 2 aromatic carbocycles. The van der Waals surface area contributed by atoms with E-state index in [-0.39, 0.29) is 18.3 Å². The fourth-order valence-corrected chi connectivity index (χ4v) is 3.94. The van der Waals surface area contributed by atoms with E-state index in [1.54, 1.807) is 0 Å². The van der Waals surface area contributed by atoms with Crippen molar-refractivity contribution >= 4 is 40.9 Å². The third-order valence-electron chi connectivity index (χ3n) is 5.33. The molecule has 0 radical (unpaired) electrons. The molecule has 0 aromatic heterocycles. The summed E-state index contributed by atoms with van der Waals surface area (Å²) in [5, 5.41) is 0. The van der Waals surface area contributed by atoms with Gasteiger partial charge in [-0.1, -0.05) is 36.4 Å². The van der Waals surface area contributed by atoms with E-state index in [0.29, 0.717) is 25.6 Å². The highest BCUT2D eigenvalue weighted by atomic mass is 127. The molecule has 1 aliphatic rings. The van der Waals surface area contributed by atoms with Gasteiger partial charge >= 0.3 is 0 Å². The number of carbonyl (C=O) groups is 1. The number of nitrogens with two attached hydrogens (primary N) is 1. The number of nitrogens with zero attached hydrogens (tertiary/aromatic N) is 2. The molecule has 2 aromatic rings. The molecule has 1 heterocycles. The molecule has 0 atom stereocenters. The van der Waals surface area contributed by atoms with Crippen molar-refractivity contribution in [3.63, 3.8) is 0 Å². The number of likely N-dealkylation sites (tertiary alicyclic amines) is 1. The van der Waals surface area contributed by atoms with Crippen molar-refractivity contribution in [2.24, 2.45) is 5.73 Å². The summed E-state index contributed by atoms with van der Waals surface area (Å²) in [5.41, 5.74) is 9.08. The quantitative estimate of drug-likeness (QED) is 0.597. The molecule has 2 N–H and O–H groups in total. The van der Waals surface area contributed by atoms with Crippen LogP contribution in [0.1, 0.15) is 29.5 Å². The Kier molecular flexibility index (Phi) is 9.21. The predicted molar refractivity (Wildman–Crippen MR) is 126 cm³/mol. The smallest absolute Gasteiger partial charge is 0.227 e. The molecule has 1 amide bonds. The van der Waals surface area contributed by atoms with Crippen LogP contribution in [0.5, 0.6) is 0 Å². The van der Waals surface area contributed by atoms with Gasteiger partial charge in [0.05, 0.1) is 6.42 Å². The van der Waals surface area contributed by atoms with E-state index < -0.39 is 0 Å². The average molecular weight is 514 g/mol. The molecule has 0 unspecified atom stereocenters. The molecular weight excluding hydrogens is 485 g/mol.